The fourth-order valence-electron chi connectivity index (χ4n) is 3.79. The molecule has 158 valence electrons. The van der Waals surface area contributed by atoms with Crippen LogP contribution in [0.3, 0.4) is 0 Å². The molecule has 5 rings (SSSR count). The first-order valence-corrected chi connectivity index (χ1v) is 11.3. The number of rotatable bonds is 5. The average Bonchev–Trinajstić information content (AvgIpc) is 3.42. The Morgan fingerprint density at radius 3 is 2.90 bits per heavy atom. The Morgan fingerprint density at radius 2 is 2.03 bits per heavy atom. The van der Waals surface area contributed by atoms with E-state index in [9.17, 15) is 4.79 Å². The van der Waals surface area contributed by atoms with Gasteiger partial charge in [0.25, 0.3) is 5.91 Å². The van der Waals surface area contributed by atoms with E-state index in [1.165, 1.54) is 0 Å². The highest BCUT2D eigenvalue weighted by Crippen LogP contribution is 2.20. The Bertz CT molecular complexity index is 1140. The minimum absolute atomic E-state index is 0.0329. The molecule has 0 saturated carbocycles. The molecule has 31 heavy (non-hydrogen) atoms. The lowest BCUT2D eigenvalue weighted by Gasteiger charge is -2.22. The number of carbonyl (C=O) groups excluding carboxylic acids is 1. The molecule has 4 aromatic rings. The van der Waals surface area contributed by atoms with Crippen molar-refractivity contribution >= 4 is 34.2 Å². The van der Waals surface area contributed by atoms with Crippen LogP contribution >= 0.6 is 11.3 Å². The second-order valence-corrected chi connectivity index (χ2v) is 8.23. The van der Waals surface area contributed by atoms with Crippen molar-refractivity contribution < 1.29 is 9.53 Å². The number of anilines is 1. The van der Waals surface area contributed by atoms with Crippen molar-refractivity contribution in [3.8, 4) is 5.75 Å². The molecule has 2 aromatic carbocycles. The zero-order valence-electron chi connectivity index (χ0n) is 17.0. The maximum absolute atomic E-state index is 13.1. The third-order valence-corrected chi connectivity index (χ3v) is 6.05. The Balaban J connectivity index is 1.24. The summed E-state index contributed by atoms with van der Waals surface area (Å²) in [5.41, 5.74) is 5.31. The number of carbonyl (C=O) groups is 1. The Morgan fingerprint density at radius 1 is 1.10 bits per heavy atom. The highest BCUT2D eigenvalue weighted by molar-refractivity contribution is 7.07. The van der Waals surface area contributed by atoms with Gasteiger partial charge in [-0.25, -0.2) is 9.97 Å². The van der Waals surface area contributed by atoms with Gasteiger partial charge in [0.2, 0.25) is 5.95 Å². The van der Waals surface area contributed by atoms with Crippen LogP contribution in [-0.2, 0) is 6.61 Å². The van der Waals surface area contributed by atoms with Crippen LogP contribution in [0.15, 0.2) is 59.4 Å². The number of nitrogens with zero attached hydrogens (tertiary/aromatic N) is 4. The molecule has 1 N–H and O–H groups in total. The molecule has 0 atom stereocenters. The van der Waals surface area contributed by atoms with Gasteiger partial charge in [-0.05, 0) is 36.8 Å². The topological polar surface area (TPSA) is 74.3 Å². The van der Waals surface area contributed by atoms with Crippen LogP contribution < -0.4 is 9.64 Å². The summed E-state index contributed by atoms with van der Waals surface area (Å²) in [7, 11) is 0. The molecular formula is C23H23N5O2S. The van der Waals surface area contributed by atoms with Crippen LogP contribution in [0, 0.1) is 0 Å². The van der Waals surface area contributed by atoms with Gasteiger partial charge in [-0.1, -0.05) is 18.2 Å². The maximum Gasteiger partial charge on any atom is 0.254 e. The van der Waals surface area contributed by atoms with Crippen molar-refractivity contribution in [3.63, 3.8) is 0 Å². The van der Waals surface area contributed by atoms with Crippen molar-refractivity contribution in [2.24, 2.45) is 0 Å². The van der Waals surface area contributed by atoms with Crippen molar-refractivity contribution in [2.45, 2.75) is 13.0 Å². The van der Waals surface area contributed by atoms with Gasteiger partial charge in [0.05, 0.1) is 22.2 Å². The minimum Gasteiger partial charge on any atom is -0.487 e. The predicted octanol–water partition coefficient (Wildman–Crippen LogP) is 3.95. The highest BCUT2D eigenvalue weighted by Gasteiger charge is 2.22. The largest absolute Gasteiger partial charge is 0.487 e. The number of ether oxygens (including phenoxy) is 1. The second kappa shape index (κ2) is 8.77. The van der Waals surface area contributed by atoms with Crippen LogP contribution in [0.5, 0.6) is 5.75 Å². The molecule has 1 aliphatic heterocycles. The number of fused-ring (bicyclic) bond motifs is 1. The van der Waals surface area contributed by atoms with E-state index in [0.29, 0.717) is 24.5 Å². The SMILES string of the molecule is O=C(c1cccc(OCc2cscn2)c1)N1CCCN(c2nc3ccccc3[nH]2)CC1. The molecule has 0 aliphatic carbocycles. The van der Waals surface area contributed by atoms with Gasteiger partial charge in [-0.15, -0.1) is 11.3 Å². The van der Waals surface area contributed by atoms with Gasteiger partial charge in [0, 0.05) is 37.1 Å². The van der Waals surface area contributed by atoms with Crippen molar-refractivity contribution in [1.29, 1.82) is 0 Å². The lowest BCUT2D eigenvalue weighted by molar-refractivity contribution is 0.0766. The zero-order chi connectivity index (χ0) is 21.0. The van der Waals surface area contributed by atoms with E-state index in [1.807, 2.05) is 58.8 Å². The number of thiazole rings is 1. The molecule has 0 spiro atoms. The summed E-state index contributed by atoms with van der Waals surface area (Å²) in [5, 5.41) is 1.96. The number of hydrogen-bond acceptors (Lipinski definition) is 6. The Hall–Kier alpha value is -3.39. The quantitative estimate of drug-likeness (QED) is 0.516. The van der Waals surface area contributed by atoms with E-state index in [0.717, 1.165) is 48.7 Å². The summed E-state index contributed by atoms with van der Waals surface area (Å²) in [5.74, 6) is 1.58. The first kappa shape index (κ1) is 19.6. The number of H-pyrrole nitrogens is 1. The lowest BCUT2D eigenvalue weighted by Crippen LogP contribution is -2.35. The highest BCUT2D eigenvalue weighted by atomic mass is 32.1. The molecule has 7 nitrogen and oxygen atoms in total. The van der Waals surface area contributed by atoms with E-state index in [2.05, 4.69) is 14.9 Å². The maximum atomic E-state index is 13.1. The molecular weight excluding hydrogens is 410 g/mol. The third kappa shape index (κ3) is 4.39. The van der Waals surface area contributed by atoms with E-state index >= 15 is 0 Å². The van der Waals surface area contributed by atoms with Crippen LogP contribution in [0.25, 0.3) is 11.0 Å². The number of imidazole rings is 1. The number of aromatic amines is 1. The van der Waals surface area contributed by atoms with Crippen molar-refractivity contribution in [3.05, 3.63) is 70.7 Å². The average molecular weight is 434 g/mol. The van der Waals surface area contributed by atoms with Gasteiger partial charge in [-0.2, -0.15) is 0 Å². The van der Waals surface area contributed by atoms with Gasteiger partial charge < -0.3 is 19.5 Å². The van der Waals surface area contributed by atoms with Crippen LogP contribution in [0.4, 0.5) is 5.95 Å². The first-order valence-electron chi connectivity index (χ1n) is 10.4. The summed E-state index contributed by atoms with van der Waals surface area (Å²) < 4.78 is 5.81. The third-order valence-electron chi connectivity index (χ3n) is 5.41. The molecule has 1 amide bonds. The van der Waals surface area contributed by atoms with Gasteiger partial charge in [0.1, 0.15) is 12.4 Å². The number of hydrogen-bond donors (Lipinski definition) is 1. The van der Waals surface area contributed by atoms with Gasteiger partial charge in [0.15, 0.2) is 0 Å². The number of aromatic nitrogens is 3. The van der Waals surface area contributed by atoms with Crippen LogP contribution in [0.1, 0.15) is 22.5 Å². The molecule has 0 bridgehead atoms. The number of para-hydroxylation sites is 2. The molecule has 1 fully saturated rings. The van der Waals surface area contributed by atoms with Crippen LogP contribution in [0.2, 0.25) is 0 Å². The van der Waals surface area contributed by atoms with E-state index in [1.54, 1.807) is 16.8 Å². The molecule has 8 heteroatoms. The van der Waals surface area contributed by atoms with Crippen LogP contribution in [-0.4, -0.2) is 51.9 Å². The molecule has 0 unspecified atom stereocenters. The zero-order valence-corrected chi connectivity index (χ0v) is 17.8. The number of nitrogens with one attached hydrogen (secondary N) is 1. The van der Waals surface area contributed by atoms with E-state index in [4.69, 9.17) is 9.72 Å². The summed E-state index contributed by atoms with van der Waals surface area (Å²) in [6, 6.07) is 15.4. The predicted molar refractivity (Wildman–Crippen MR) is 122 cm³/mol. The summed E-state index contributed by atoms with van der Waals surface area (Å²) in [6.45, 7) is 3.38. The summed E-state index contributed by atoms with van der Waals surface area (Å²) in [6.07, 6.45) is 0.892. The smallest absolute Gasteiger partial charge is 0.254 e. The monoisotopic (exact) mass is 433 g/mol. The fourth-order valence-corrected chi connectivity index (χ4v) is 4.33. The van der Waals surface area contributed by atoms with E-state index in [-0.39, 0.29) is 5.91 Å². The van der Waals surface area contributed by atoms with Crippen molar-refractivity contribution in [2.75, 3.05) is 31.1 Å². The molecule has 0 radical (unpaired) electrons. The van der Waals surface area contributed by atoms with E-state index < -0.39 is 0 Å². The number of amides is 1. The number of benzene rings is 2. The molecule has 1 saturated heterocycles. The normalized spacial score (nSPS) is 14.6. The fraction of sp³-hybridized carbons (Fsp3) is 0.261. The summed E-state index contributed by atoms with van der Waals surface area (Å²) in [4.78, 5) is 29.6. The van der Waals surface area contributed by atoms with Crippen molar-refractivity contribution in [1.82, 2.24) is 19.9 Å². The summed E-state index contributed by atoms with van der Waals surface area (Å²) >= 11 is 1.54. The first-order chi connectivity index (χ1) is 15.3. The lowest BCUT2D eigenvalue weighted by atomic mass is 10.2. The standard InChI is InChI=1S/C23H23N5O2S/c29-22(17-5-3-6-19(13-17)30-14-18-15-31-16-24-18)27-9-4-10-28(12-11-27)23-25-20-7-1-2-8-21(20)26-23/h1-3,5-8,13,15-16H,4,9-12,14H2,(H,25,26). The molecule has 1 aliphatic rings. The Labute approximate surface area is 184 Å². The second-order valence-electron chi connectivity index (χ2n) is 7.51. The molecule has 3 heterocycles. The van der Waals surface area contributed by atoms with Gasteiger partial charge in [-0.3, -0.25) is 4.79 Å². The minimum atomic E-state index is 0.0329. The molecule has 2 aromatic heterocycles. The Kier molecular flexibility index (Phi) is 5.54. The van der Waals surface area contributed by atoms with Gasteiger partial charge >= 0.3 is 0 Å².